The number of carbonyl (C=O) groups is 1. The van der Waals surface area contributed by atoms with E-state index in [4.69, 9.17) is 11.6 Å². The van der Waals surface area contributed by atoms with E-state index in [-0.39, 0.29) is 11.9 Å². The summed E-state index contributed by atoms with van der Waals surface area (Å²) in [5, 5.41) is 3.45. The van der Waals surface area contributed by atoms with Gasteiger partial charge in [0.05, 0.1) is 12.3 Å². The van der Waals surface area contributed by atoms with Gasteiger partial charge in [0.2, 0.25) is 10.0 Å². The highest BCUT2D eigenvalue weighted by Gasteiger charge is 2.13. The molecular weight excluding hydrogens is 336 g/mol. The second-order valence-corrected chi connectivity index (χ2v) is 7.32. The average molecular weight is 353 g/mol. The highest BCUT2D eigenvalue weighted by atomic mass is 35.5. The van der Waals surface area contributed by atoms with Gasteiger partial charge in [-0.25, -0.2) is 8.42 Å². The summed E-state index contributed by atoms with van der Waals surface area (Å²) in [6.45, 7) is 1.85. The molecular formula is C16H17ClN2O3S. The third-order valence-corrected chi connectivity index (χ3v) is 4.12. The van der Waals surface area contributed by atoms with Gasteiger partial charge in [0.25, 0.3) is 5.91 Å². The summed E-state index contributed by atoms with van der Waals surface area (Å²) in [6.07, 6.45) is 1.07. The zero-order valence-electron chi connectivity index (χ0n) is 12.7. The first kappa shape index (κ1) is 17.3. The Morgan fingerprint density at radius 1 is 1.09 bits per heavy atom. The quantitative estimate of drug-likeness (QED) is 0.867. The first-order chi connectivity index (χ1) is 10.8. The molecule has 0 heterocycles. The number of amides is 1. The zero-order chi connectivity index (χ0) is 17.0. The Bertz CT molecular complexity index is 804. The molecule has 7 heteroatoms. The number of halogens is 1. The minimum atomic E-state index is -3.34. The van der Waals surface area contributed by atoms with Crippen LogP contribution in [0.5, 0.6) is 0 Å². The van der Waals surface area contributed by atoms with E-state index in [2.05, 4.69) is 10.0 Å². The van der Waals surface area contributed by atoms with Gasteiger partial charge < -0.3 is 5.32 Å². The largest absolute Gasteiger partial charge is 0.345 e. The van der Waals surface area contributed by atoms with Crippen LogP contribution in [0.25, 0.3) is 0 Å². The number of nitrogens with one attached hydrogen (secondary N) is 2. The minimum absolute atomic E-state index is 0.245. The lowest BCUT2D eigenvalue weighted by molar-refractivity contribution is 0.0940. The SMILES string of the molecule is CC(NC(=O)c1ccc(NS(C)(=O)=O)cc1)c1ccccc1Cl. The van der Waals surface area contributed by atoms with Crippen LogP contribution in [0.2, 0.25) is 5.02 Å². The molecule has 0 radical (unpaired) electrons. The zero-order valence-corrected chi connectivity index (χ0v) is 14.3. The molecule has 0 spiro atoms. The number of hydrogen-bond acceptors (Lipinski definition) is 3. The van der Waals surface area contributed by atoms with Crippen LogP contribution in [0.15, 0.2) is 48.5 Å². The van der Waals surface area contributed by atoms with E-state index in [1.165, 1.54) is 12.1 Å². The van der Waals surface area contributed by atoms with Crippen LogP contribution in [0, 0.1) is 0 Å². The first-order valence-corrected chi connectivity index (χ1v) is 9.16. The van der Waals surface area contributed by atoms with E-state index < -0.39 is 10.0 Å². The van der Waals surface area contributed by atoms with E-state index in [9.17, 15) is 13.2 Å². The Balaban J connectivity index is 2.08. The molecule has 0 fully saturated rings. The summed E-state index contributed by atoms with van der Waals surface area (Å²) < 4.78 is 24.6. The Kier molecular flexibility index (Phi) is 5.28. The summed E-state index contributed by atoms with van der Waals surface area (Å²) in [7, 11) is -3.34. The van der Waals surface area contributed by atoms with Crippen LogP contribution < -0.4 is 10.0 Å². The van der Waals surface area contributed by atoms with Gasteiger partial charge in [0.15, 0.2) is 0 Å². The fourth-order valence-corrected chi connectivity index (χ4v) is 2.95. The van der Waals surface area contributed by atoms with Gasteiger partial charge in [-0.3, -0.25) is 9.52 Å². The molecule has 0 aliphatic rings. The summed E-state index contributed by atoms with van der Waals surface area (Å²) in [6, 6.07) is 13.3. The molecule has 1 amide bonds. The van der Waals surface area contributed by atoms with Crippen LogP contribution in [0.1, 0.15) is 28.9 Å². The van der Waals surface area contributed by atoms with Crippen LogP contribution in [0.4, 0.5) is 5.69 Å². The number of sulfonamides is 1. The van der Waals surface area contributed by atoms with Crippen molar-refractivity contribution in [2.45, 2.75) is 13.0 Å². The van der Waals surface area contributed by atoms with Crippen molar-refractivity contribution in [2.24, 2.45) is 0 Å². The summed E-state index contributed by atoms with van der Waals surface area (Å²) in [5.41, 5.74) is 1.67. The summed E-state index contributed by atoms with van der Waals surface area (Å²) in [4.78, 5) is 12.2. The molecule has 2 aromatic carbocycles. The molecule has 0 aliphatic carbocycles. The van der Waals surface area contributed by atoms with Crippen LogP contribution in [-0.4, -0.2) is 20.6 Å². The molecule has 2 aromatic rings. The molecule has 1 atom stereocenters. The van der Waals surface area contributed by atoms with Gasteiger partial charge in [-0.1, -0.05) is 29.8 Å². The highest BCUT2D eigenvalue weighted by molar-refractivity contribution is 7.92. The van der Waals surface area contributed by atoms with Gasteiger partial charge in [0, 0.05) is 16.3 Å². The lowest BCUT2D eigenvalue weighted by atomic mass is 10.1. The fourth-order valence-electron chi connectivity index (χ4n) is 2.09. The molecule has 122 valence electrons. The third-order valence-electron chi connectivity index (χ3n) is 3.17. The first-order valence-electron chi connectivity index (χ1n) is 6.89. The molecule has 0 aromatic heterocycles. The second kappa shape index (κ2) is 7.02. The molecule has 2 rings (SSSR count). The topological polar surface area (TPSA) is 75.3 Å². The number of carbonyl (C=O) groups excluding carboxylic acids is 1. The van der Waals surface area contributed by atoms with E-state index in [1.807, 2.05) is 25.1 Å². The maximum atomic E-state index is 12.2. The van der Waals surface area contributed by atoms with E-state index in [0.29, 0.717) is 16.3 Å². The molecule has 2 N–H and O–H groups in total. The van der Waals surface area contributed by atoms with Crippen molar-refractivity contribution < 1.29 is 13.2 Å². The third kappa shape index (κ3) is 4.97. The average Bonchev–Trinajstić information content (AvgIpc) is 2.46. The normalized spacial score (nSPS) is 12.5. The predicted molar refractivity (Wildman–Crippen MR) is 92.2 cm³/mol. The van der Waals surface area contributed by atoms with Crippen molar-refractivity contribution >= 4 is 33.2 Å². The number of rotatable bonds is 5. The van der Waals surface area contributed by atoms with Crippen LogP contribution in [-0.2, 0) is 10.0 Å². The Morgan fingerprint density at radius 3 is 2.26 bits per heavy atom. The lowest BCUT2D eigenvalue weighted by Crippen LogP contribution is -2.26. The Morgan fingerprint density at radius 2 is 1.70 bits per heavy atom. The molecule has 0 bridgehead atoms. The van der Waals surface area contributed by atoms with Crippen molar-refractivity contribution in [1.82, 2.24) is 5.32 Å². The van der Waals surface area contributed by atoms with Crippen molar-refractivity contribution in [2.75, 3.05) is 11.0 Å². The van der Waals surface area contributed by atoms with E-state index >= 15 is 0 Å². The smallest absolute Gasteiger partial charge is 0.251 e. The molecule has 0 aliphatic heterocycles. The lowest BCUT2D eigenvalue weighted by Gasteiger charge is -2.16. The molecule has 23 heavy (non-hydrogen) atoms. The Hall–Kier alpha value is -2.05. The van der Waals surface area contributed by atoms with Gasteiger partial charge in [0.1, 0.15) is 0 Å². The summed E-state index contributed by atoms with van der Waals surface area (Å²) >= 11 is 6.11. The van der Waals surface area contributed by atoms with E-state index in [1.54, 1.807) is 18.2 Å². The second-order valence-electron chi connectivity index (χ2n) is 5.17. The Labute approximate surface area is 140 Å². The summed E-state index contributed by atoms with van der Waals surface area (Å²) in [5.74, 6) is -0.261. The van der Waals surface area contributed by atoms with E-state index in [0.717, 1.165) is 11.8 Å². The monoisotopic (exact) mass is 352 g/mol. The number of hydrogen-bond donors (Lipinski definition) is 2. The number of anilines is 1. The fraction of sp³-hybridized carbons (Fsp3) is 0.188. The minimum Gasteiger partial charge on any atom is -0.345 e. The van der Waals surface area contributed by atoms with Gasteiger partial charge >= 0.3 is 0 Å². The standard InChI is InChI=1S/C16H17ClN2O3S/c1-11(14-5-3-4-6-15(14)17)18-16(20)12-7-9-13(10-8-12)19-23(2,21)22/h3-11,19H,1-2H3,(H,18,20). The molecule has 0 saturated heterocycles. The van der Waals surface area contributed by atoms with Crippen LogP contribution >= 0.6 is 11.6 Å². The van der Waals surface area contributed by atoms with Crippen molar-refractivity contribution in [3.63, 3.8) is 0 Å². The molecule has 5 nitrogen and oxygen atoms in total. The predicted octanol–water partition coefficient (Wildman–Crippen LogP) is 3.20. The number of benzene rings is 2. The van der Waals surface area contributed by atoms with Crippen molar-refractivity contribution in [3.8, 4) is 0 Å². The maximum absolute atomic E-state index is 12.2. The maximum Gasteiger partial charge on any atom is 0.251 e. The van der Waals surface area contributed by atoms with Crippen molar-refractivity contribution in [3.05, 3.63) is 64.7 Å². The molecule has 1 unspecified atom stereocenters. The molecule has 0 saturated carbocycles. The van der Waals surface area contributed by atoms with Gasteiger partial charge in [-0.2, -0.15) is 0 Å². The van der Waals surface area contributed by atoms with Gasteiger partial charge in [-0.15, -0.1) is 0 Å². The van der Waals surface area contributed by atoms with Crippen molar-refractivity contribution in [1.29, 1.82) is 0 Å². The van der Waals surface area contributed by atoms with Crippen LogP contribution in [0.3, 0.4) is 0 Å². The van der Waals surface area contributed by atoms with Gasteiger partial charge in [-0.05, 0) is 42.8 Å². The highest BCUT2D eigenvalue weighted by Crippen LogP contribution is 2.22.